The molecule has 2 saturated carbocycles. The summed E-state index contributed by atoms with van der Waals surface area (Å²) in [4.78, 5) is 22.3. The van der Waals surface area contributed by atoms with Gasteiger partial charge in [-0.05, 0) is 38.5 Å². The molecule has 0 saturated heterocycles. The van der Waals surface area contributed by atoms with Crippen molar-refractivity contribution in [3.63, 3.8) is 0 Å². The summed E-state index contributed by atoms with van der Waals surface area (Å²) < 4.78 is 0. The minimum atomic E-state index is -1.09. The van der Waals surface area contributed by atoms with Gasteiger partial charge in [0.05, 0.1) is 10.8 Å². The molecule has 2 aliphatic rings. The maximum Gasteiger partial charge on any atom is 0.311 e. The van der Waals surface area contributed by atoms with Gasteiger partial charge in [0.1, 0.15) is 0 Å². The molecular formula is C10H14O4. The molecule has 2 atom stereocenters. The van der Waals surface area contributed by atoms with Gasteiger partial charge in [0.2, 0.25) is 0 Å². The van der Waals surface area contributed by atoms with E-state index in [0.717, 1.165) is 12.8 Å². The number of rotatable bonds is 2. The van der Waals surface area contributed by atoms with Crippen LogP contribution in [-0.2, 0) is 9.59 Å². The van der Waals surface area contributed by atoms with Crippen LogP contribution in [0.15, 0.2) is 0 Å². The van der Waals surface area contributed by atoms with Crippen LogP contribution < -0.4 is 0 Å². The molecule has 0 aliphatic heterocycles. The number of aliphatic carboxylic acids is 2. The van der Waals surface area contributed by atoms with Gasteiger partial charge in [0, 0.05) is 0 Å². The van der Waals surface area contributed by atoms with E-state index in [1.54, 1.807) is 13.8 Å². The Morgan fingerprint density at radius 1 is 1.07 bits per heavy atom. The molecule has 2 fully saturated rings. The summed E-state index contributed by atoms with van der Waals surface area (Å²) in [5.41, 5.74) is -2.38. The molecule has 0 heterocycles. The number of hydrogen-bond acceptors (Lipinski definition) is 2. The summed E-state index contributed by atoms with van der Waals surface area (Å²) in [6.07, 6.45) is 2.23. The van der Waals surface area contributed by atoms with Gasteiger partial charge in [-0.25, -0.2) is 0 Å². The quantitative estimate of drug-likeness (QED) is 0.702. The van der Waals surface area contributed by atoms with E-state index in [-0.39, 0.29) is 5.41 Å². The maximum absolute atomic E-state index is 11.2. The van der Waals surface area contributed by atoms with Crippen molar-refractivity contribution >= 4 is 11.9 Å². The first-order valence-corrected chi connectivity index (χ1v) is 4.77. The predicted octanol–water partition coefficient (Wildman–Crippen LogP) is 1.35. The van der Waals surface area contributed by atoms with Crippen molar-refractivity contribution in [1.82, 2.24) is 0 Å². The molecule has 2 N–H and O–H groups in total. The Bertz CT molecular complexity index is 331. The van der Waals surface area contributed by atoms with E-state index in [1.807, 2.05) is 0 Å². The van der Waals surface area contributed by atoms with Gasteiger partial charge in [-0.2, -0.15) is 0 Å². The van der Waals surface area contributed by atoms with E-state index in [4.69, 9.17) is 5.11 Å². The Kier molecular flexibility index (Phi) is 1.44. The fraction of sp³-hybridized carbons (Fsp3) is 0.800. The van der Waals surface area contributed by atoms with Crippen molar-refractivity contribution in [2.75, 3.05) is 0 Å². The van der Waals surface area contributed by atoms with Crippen LogP contribution in [0, 0.1) is 16.2 Å². The summed E-state index contributed by atoms with van der Waals surface area (Å²) in [7, 11) is 0. The van der Waals surface area contributed by atoms with Crippen molar-refractivity contribution in [2.45, 2.75) is 33.1 Å². The molecule has 0 amide bonds. The zero-order chi connectivity index (χ0) is 10.8. The summed E-state index contributed by atoms with van der Waals surface area (Å²) in [6.45, 7) is 3.13. The lowest BCUT2D eigenvalue weighted by Gasteiger charge is -2.57. The number of carboxylic acids is 2. The zero-order valence-electron chi connectivity index (χ0n) is 8.33. The second kappa shape index (κ2) is 2.12. The lowest BCUT2D eigenvalue weighted by Crippen LogP contribution is -2.64. The molecule has 14 heavy (non-hydrogen) atoms. The number of carbonyl (C=O) groups is 2. The number of carboxylic acid groups (broad SMARTS) is 2. The Hall–Kier alpha value is -1.06. The predicted molar refractivity (Wildman–Crippen MR) is 47.8 cm³/mol. The average Bonchev–Trinajstić information content (AvgIpc) is 2.84. The molecule has 78 valence electrons. The summed E-state index contributed by atoms with van der Waals surface area (Å²) in [6, 6.07) is 0. The van der Waals surface area contributed by atoms with E-state index < -0.39 is 22.8 Å². The number of hydrogen-bond donors (Lipinski definition) is 2. The molecule has 2 aliphatic carbocycles. The third-order valence-electron chi connectivity index (χ3n) is 4.61. The summed E-state index contributed by atoms with van der Waals surface area (Å²) in [5.74, 6) is -1.95. The first-order valence-electron chi connectivity index (χ1n) is 4.77. The average molecular weight is 198 g/mol. The van der Waals surface area contributed by atoms with Crippen LogP contribution in [0.5, 0.6) is 0 Å². The van der Waals surface area contributed by atoms with E-state index in [0.29, 0.717) is 6.42 Å². The molecule has 0 aromatic heterocycles. The topological polar surface area (TPSA) is 74.6 Å². The largest absolute Gasteiger partial charge is 0.481 e. The standard InChI is InChI=1S/C10H14O4/c1-8(6(11)12)5-10(3-4-10)9(8,2)7(13)14/h3-5H2,1-2H3,(H,11,12)(H,13,14). The second-order valence-electron chi connectivity index (χ2n) is 5.02. The fourth-order valence-corrected chi connectivity index (χ4v) is 3.09. The molecule has 4 nitrogen and oxygen atoms in total. The van der Waals surface area contributed by atoms with E-state index in [1.165, 1.54) is 0 Å². The SMILES string of the molecule is CC1(C(=O)O)CC2(CC2)C1(C)C(=O)O. The fourth-order valence-electron chi connectivity index (χ4n) is 3.09. The van der Waals surface area contributed by atoms with Gasteiger partial charge < -0.3 is 10.2 Å². The minimum absolute atomic E-state index is 0.216. The van der Waals surface area contributed by atoms with Crippen LogP contribution in [0.25, 0.3) is 0 Å². The third-order valence-corrected chi connectivity index (χ3v) is 4.61. The van der Waals surface area contributed by atoms with Crippen molar-refractivity contribution in [1.29, 1.82) is 0 Å². The zero-order valence-corrected chi connectivity index (χ0v) is 8.33. The second-order valence-corrected chi connectivity index (χ2v) is 5.02. The highest BCUT2D eigenvalue weighted by Crippen LogP contribution is 2.79. The lowest BCUT2D eigenvalue weighted by atomic mass is 9.42. The Morgan fingerprint density at radius 3 is 1.86 bits per heavy atom. The van der Waals surface area contributed by atoms with Crippen molar-refractivity contribution in [3.8, 4) is 0 Å². The minimum Gasteiger partial charge on any atom is -0.481 e. The highest BCUT2D eigenvalue weighted by atomic mass is 16.4. The molecule has 0 aromatic carbocycles. The highest BCUT2D eigenvalue weighted by molar-refractivity contribution is 5.90. The van der Waals surface area contributed by atoms with Gasteiger partial charge >= 0.3 is 11.9 Å². The Morgan fingerprint density at radius 2 is 1.57 bits per heavy atom. The molecule has 0 aromatic rings. The smallest absolute Gasteiger partial charge is 0.311 e. The highest BCUT2D eigenvalue weighted by Gasteiger charge is 2.80. The molecule has 0 bridgehead atoms. The van der Waals surface area contributed by atoms with Crippen LogP contribution in [0.1, 0.15) is 33.1 Å². The van der Waals surface area contributed by atoms with Gasteiger partial charge in [-0.1, -0.05) is 0 Å². The molecule has 1 spiro atoms. The van der Waals surface area contributed by atoms with E-state index in [9.17, 15) is 14.7 Å². The van der Waals surface area contributed by atoms with Crippen LogP contribution in [0.3, 0.4) is 0 Å². The molecule has 4 heteroatoms. The van der Waals surface area contributed by atoms with Crippen molar-refractivity contribution < 1.29 is 19.8 Å². The van der Waals surface area contributed by atoms with Crippen LogP contribution in [-0.4, -0.2) is 22.2 Å². The first kappa shape index (κ1) is 9.49. The molecule has 2 unspecified atom stereocenters. The van der Waals surface area contributed by atoms with Gasteiger partial charge in [-0.15, -0.1) is 0 Å². The van der Waals surface area contributed by atoms with E-state index >= 15 is 0 Å². The van der Waals surface area contributed by atoms with Crippen LogP contribution >= 0.6 is 0 Å². The normalized spacial score (nSPS) is 43.0. The van der Waals surface area contributed by atoms with Gasteiger partial charge in [0.25, 0.3) is 0 Å². The molecule has 2 rings (SSSR count). The van der Waals surface area contributed by atoms with Gasteiger partial charge in [-0.3, -0.25) is 9.59 Å². The molecule has 0 radical (unpaired) electrons. The van der Waals surface area contributed by atoms with E-state index in [2.05, 4.69) is 0 Å². The van der Waals surface area contributed by atoms with Crippen molar-refractivity contribution in [2.24, 2.45) is 16.2 Å². The monoisotopic (exact) mass is 198 g/mol. The lowest BCUT2D eigenvalue weighted by molar-refractivity contribution is -0.207. The summed E-state index contributed by atoms with van der Waals surface area (Å²) in [5, 5.41) is 18.3. The first-order chi connectivity index (χ1) is 6.30. The van der Waals surface area contributed by atoms with Crippen LogP contribution in [0.4, 0.5) is 0 Å². The van der Waals surface area contributed by atoms with Crippen molar-refractivity contribution in [3.05, 3.63) is 0 Å². The molecular weight excluding hydrogens is 184 g/mol. The Labute approximate surface area is 81.9 Å². The third kappa shape index (κ3) is 0.678. The maximum atomic E-state index is 11.2. The van der Waals surface area contributed by atoms with Crippen LogP contribution in [0.2, 0.25) is 0 Å². The van der Waals surface area contributed by atoms with Gasteiger partial charge in [0.15, 0.2) is 0 Å². The summed E-state index contributed by atoms with van der Waals surface area (Å²) >= 11 is 0. The Balaban J connectivity index is 2.42.